The first-order chi connectivity index (χ1) is 20.7. The fourth-order valence-electron chi connectivity index (χ4n) is 5.12. The van der Waals surface area contributed by atoms with Crippen LogP contribution in [0.2, 0.25) is 0 Å². The normalized spacial score (nSPS) is 18.1. The summed E-state index contributed by atoms with van der Waals surface area (Å²) in [6.07, 6.45) is 4.08. The van der Waals surface area contributed by atoms with Crippen LogP contribution in [0.15, 0.2) is 48.0 Å². The highest BCUT2D eigenvalue weighted by Gasteiger charge is 2.41. The maximum absolute atomic E-state index is 14.8. The van der Waals surface area contributed by atoms with Crippen LogP contribution in [0.1, 0.15) is 63.0 Å². The zero-order valence-electron chi connectivity index (χ0n) is 24.7. The number of carbonyl (C=O) groups excluding carboxylic acids is 2. The fourth-order valence-corrected chi connectivity index (χ4v) is 5.91. The number of methoxy groups -OCH3 is 1. The number of nitrogens with zero attached hydrogens (tertiary/aromatic N) is 1. The van der Waals surface area contributed by atoms with Gasteiger partial charge in [0.2, 0.25) is 11.8 Å². The first-order valence-corrected chi connectivity index (χ1v) is 15.8. The summed E-state index contributed by atoms with van der Waals surface area (Å²) in [7, 11) is 1.46. The molecule has 11 heteroatoms. The highest BCUT2D eigenvalue weighted by molar-refractivity contribution is 14.1. The molecule has 0 aliphatic heterocycles. The van der Waals surface area contributed by atoms with Gasteiger partial charge in [0.1, 0.15) is 18.0 Å². The number of rotatable bonds is 16. The summed E-state index contributed by atoms with van der Waals surface area (Å²) in [5.74, 6) is -0.551. The number of ether oxygens (including phenoxy) is 2. The number of unbranched alkanes of at least 4 members (excludes halogenated alkanes) is 4. The SMILES string of the molecule is CCCCCCCC(=O)N(Cc1ccccc1F)[C@@H]1CC(C(=O)NCCO)=C[C@H](Oc2c(I)cc(CO)cc2OC)[C@H]1O. The Bertz CT molecular complexity index is 1260. The van der Waals surface area contributed by atoms with Gasteiger partial charge in [-0.2, -0.15) is 0 Å². The lowest BCUT2D eigenvalue weighted by Gasteiger charge is -2.41. The Morgan fingerprint density at radius 2 is 1.88 bits per heavy atom. The van der Waals surface area contributed by atoms with Gasteiger partial charge in [0.15, 0.2) is 11.5 Å². The molecule has 9 nitrogen and oxygen atoms in total. The number of amides is 2. The van der Waals surface area contributed by atoms with Gasteiger partial charge in [-0.1, -0.05) is 50.8 Å². The molecule has 0 saturated carbocycles. The molecule has 0 spiro atoms. The largest absolute Gasteiger partial charge is 0.493 e. The minimum Gasteiger partial charge on any atom is -0.493 e. The van der Waals surface area contributed by atoms with Crippen LogP contribution in [-0.4, -0.2) is 70.5 Å². The van der Waals surface area contributed by atoms with E-state index in [0.717, 1.165) is 25.7 Å². The lowest BCUT2D eigenvalue weighted by molar-refractivity contribution is -0.139. The third kappa shape index (κ3) is 9.62. The van der Waals surface area contributed by atoms with E-state index in [2.05, 4.69) is 12.2 Å². The fraction of sp³-hybridized carbons (Fsp3) is 0.500. The third-order valence-electron chi connectivity index (χ3n) is 7.45. The van der Waals surface area contributed by atoms with Crippen molar-refractivity contribution in [2.45, 2.75) is 83.3 Å². The van der Waals surface area contributed by atoms with E-state index in [9.17, 15) is 29.3 Å². The van der Waals surface area contributed by atoms with Gasteiger partial charge < -0.3 is 35.0 Å². The van der Waals surface area contributed by atoms with Gasteiger partial charge in [-0.3, -0.25) is 9.59 Å². The molecule has 236 valence electrons. The maximum Gasteiger partial charge on any atom is 0.247 e. The summed E-state index contributed by atoms with van der Waals surface area (Å²) in [6.45, 7) is 1.59. The second-order valence-corrected chi connectivity index (χ2v) is 11.7. The molecule has 1 aliphatic rings. The van der Waals surface area contributed by atoms with Crippen LogP contribution in [0, 0.1) is 9.39 Å². The van der Waals surface area contributed by atoms with E-state index < -0.39 is 30.0 Å². The molecule has 2 aromatic rings. The number of benzene rings is 2. The first kappa shape index (κ1) is 34.7. The molecule has 0 saturated heterocycles. The van der Waals surface area contributed by atoms with Crippen LogP contribution in [0.25, 0.3) is 0 Å². The molecule has 3 atom stereocenters. The van der Waals surface area contributed by atoms with Crippen molar-refractivity contribution in [1.29, 1.82) is 0 Å². The first-order valence-electron chi connectivity index (χ1n) is 14.7. The summed E-state index contributed by atoms with van der Waals surface area (Å²) in [5.41, 5.74) is 1.17. The quantitative estimate of drug-likeness (QED) is 0.152. The Kier molecular flexibility index (Phi) is 14.2. The van der Waals surface area contributed by atoms with Crippen molar-refractivity contribution in [3.8, 4) is 11.5 Å². The third-order valence-corrected chi connectivity index (χ3v) is 8.25. The van der Waals surface area contributed by atoms with Gasteiger partial charge >= 0.3 is 0 Å². The van der Waals surface area contributed by atoms with E-state index in [1.165, 1.54) is 24.2 Å². The Hall–Kier alpha value is -2.74. The Balaban J connectivity index is 2.00. The predicted molar refractivity (Wildman–Crippen MR) is 169 cm³/mol. The summed E-state index contributed by atoms with van der Waals surface area (Å²) >= 11 is 2.04. The van der Waals surface area contributed by atoms with E-state index in [4.69, 9.17) is 9.47 Å². The van der Waals surface area contributed by atoms with E-state index in [-0.39, 0.29) is 50.6 Å². The minimum absolute atomic E-state index is 0.00595. The van der Waals surface area contributed by atoms with Gasteiger partial charge in [0.05, 0.1) is 29.9 Å². The molecule has 3 rings (SSSR count). The topological polar surface area (TPSA) is 129 Å². The van der Waals surface area contributed by atoms with E-state index in [1.54, 1.807) is 30.3 Å². The zero-order chi connectivity index (χ0) is 31.4. The van der Waals surface area contributed by atoms with Crippen molar-refractivity contribution in [3.63, 3.8) is 0 Å². The number of hydrogen-bond donors (Lipinski definition) is 4. The van der Waals surface area contributed by atoms with Gasteiger partial charge in [0, 0.05) is 37.1 Å². The van der Waals surface area contributed by atoms with E-state index in [0.29, 0.717) is 32.6 Å². The molecule has 2 aromatic carbocycles. The summed E-state index contributed by atoms with van der Waals surface area (Å²) < 4.78 is 27.2. The molecule has 0 heterocycles. The predicted octanol–water partition coefficient (Wildman–Crippen LogP) is 4.24. The summed E-state index contributed by atoms with van der Waals surface area (Å²) in [4.78, 5) is 28.3. The van der Waals surface area contributed by atoms with Crippen molar-refractivity contribution in [3.05, 3.63) is 68.6 Å². The monoisotopic (exact) mass is 712 g/mol. The van der Waals surface area contributed by atoms with Gasteiger partial charge in [0.25, 0.3) is 0 Å². The number of carbonyl (C=O) groups is 2. The van der Waals surface area contributed by atoms with Gasteiger partial charge in [-0.25, -0.2) is 4.39 Å². The smallest absolute Gasteiger partial charge is 0.247 e. The summed E-state index contributed by atoms with van der Waals surface area (Å²) in [5, 5.41) is 33.2. The average molecular weight is 713 g/mol. The number of aliphatic hydroxyl groups excluding tert-OH is 3. The molecular weight excluding hydrogens is 670 g/mol. The number of aliphatic hydroxyl groups is 3. The second-order valence-electron chi connectivity index (χ2n) is 10.6. The lowest BCUT2D eigenvalue weighted by atomic mass is 9.87. The van der Waals surface area contributed by atoms with Crippen LogP contribution < -0.4 is 14.8 Å². The molecule has 4 N–H and O–H groups in total. The van der Waals surface area contributed by atoms with Crippen LogP contribution >= 0.6 is 22.6 Å². The Labute approximate surface area is 266 Å². The standard InChI is InChI=1S/C32H42FIN2O7/c1-3-4-5-6-7-12-29(39)36(19-22-10-8-9-11-24(22)33)26-17-23(32(41)35-13-14-37)18-27(30(26)40)43-31-25(34)15-21(20-38)16-28(31)42-2/h8-11,15-16,18,26-27,30,37-38,40H,3-7,12-14,17,19-20H2,1-2H3,(H,35,41)/t26-,27+,30+/m1/s1. The zero-order valence-corrected chi connectivity index (χ0v) is 26.9. The van der Waals surface area contributed by atoms with Crippen LogP contribution in [0.5, 0.6) is 11.5 Å². The van der Waals surface area contributed by atoms with Crippen molar-refractivity contribution < 1.29 is 38.8 Å². The molecule has 1 aliphatic carbocycles. The van der Waals surface area contributed by atoms with Gasteiger partial charge in [-0.15, -0.1) is 0 Å². The van der Waals surface area contributed by atoms with Crippen LogP contribution in [0.4, 0.5) is 4.39 Å². The number of nitrogens with one attached hydrogen (secondary N) is 1. The minimum atomic E-state index is -1.27. The van der Waals surface area contributed by atoms with E-state index in [1.807, 2.05) is 22.6 Å². The van der Waals surface area contributed by atoms with Crippen molar-refractivity contribution in [2.75, 3.05) is 20.3 Å². The molecule has 0 aromatic heterocycles. The number of hydrogen-bond acceptors (Lipinski definition) is 7. The molecule has 43 heavy (non-hydrogen) atoms. The Morgan fingerprint density at radius 3 is 2.56 bits per heavy atom. The van der Waals surface area contributed by atoms with Crippen molar-refractivity contribution in [2.24, 2.45) is 0 Å². The molecule has 0 unspecified atom stereocenters. The average Bonchev–Trinajstić information content (AvgIpc) is 3.01. The maximum atomic E-state index is 14.8. The molecule has 2 amide bonds. The summed E-state index contributed by atoms with van der Waals surface area (Å²) in [6, 6.07) is 8.61. The van der Waals surface area contributed by atoms with Gasteiger partial charge in [-0.05, 0) is 58.9 Å². The molecular formula is C32H42FIN2O7. The van der Waals surface area contributed by atoms with E-state index >= 15 is 0 Å². The molecule has 0 radical (unpaired) electrons. The van der Waals surface area contributed by atoms with Crippen LogP contribution in [-0.2, 0) is 22.7 Å². The highest BCUT2D eigenvalue weighted by atomic mass is 127. The van der Waals surface area contributed by atoms with Crippen LogP contribution in [0.3, 0.4) is 0 Å². The lowest BCUT2D eigenvalue weighted by Crippen LogP contribution is -2.54. The highest BCUT2D eigenvalue weighted by Crippen LogP contribution is 2.37. The van der Waals surface area contributed by atoms with Crippen molar-refractivity contribution in [1.82, 2.24) is 10.2 Å². The molecule has 0 fully saturated rings. The Morgan fingerprint density at radius 1 is 1.14 bits per heavy atom. The molecule has 0 bridgehead atoms. The van der Waals surface area contributed by atoms with Crippen molar-refractivity contribution >= 4 is 34.4 Å². The second kappa shape index (κ2) is 17.5. The number of halogens is 2.